The molecule has 0 radical (unpaired) electrons. The predicted molar refractivity (Wildman–Crippen MR) is 79.6 cm³/mol. The molecule has 0 heterocycles. The van der Waals surface area contributed by atoms with E-state index in [1.807, 2.05) is 30.3 Å². The molecule has 1 unspecified atom stereocenters. The zero-order valence-corrected chi connectivity index (χ0v) is 11.8. The summed E-state index contributed by atoms with van der Waals surface area (Å²) in [7, 11) is 0. The molecular formula is C15H15Cl2NO. The first kappa shape index (κ1) is 14.4. The molecule has 0 aromatic heterocycles. The number of rotatable bonds is 5. The Labute approximate surface area is 123 Å². The summed E-state index contributed by atoms with van der Waals surface area (Å²) in [6.45, 7) is 1.19. The van der Waals surface area contributed by atoms with Crippen LogP contribution in [0.5, 0.6) is 0 Å². The number of aliphatic hydroxyl groups is 1. The van der Waals surface area contributed by atoms with Crippen LogP contribution in [0.2, 0.25) is 10.0 Å². The van der Waals surface area contributed by atoms with E-state index in [1.54, 1.807) is 18.2 Å². The highest BCUT2D eigenvalue weighted by atomic mass is 35.5. The van der Waals surface area contributed by atoms with Crippen LogP contribution in [0.25, 0.3) is 0 Å². The fourth-order valence-electron chi connectivity index (χ4n) is 1.79. The van der Waals surface area contributed by atoms with E-state index in [1.165, 1.54) is 5.56 Å². The van der Waals surface area contributed by atoms with Crippen molar-refractivity contribution in [3.63, 3.8) is 0 Å². The van der Waals surface area contributed by atoms with Crippen molar-refractivity contribution < 1.29 is 5.11 Å². The molecule has 0 aliphatic carbocycles. The molecule has 1 atom stereocenters. The first-order valence-corrected chi connectivity index (χ1v) is 6.80. The van der Waals surface area contributed by atoms with Crippen LogP contribution in [0.1, 0.15) is 17.2 Å². The highest BCUT2D eigenvalue weighted by molar-refractivity contribution is 6.42. The van der Waals surface area contributed by atoms with Crippen LogP contribution in [0.4, 0.5) is 0 Å². The van der Waals surface area contributed by atoms with Gasteiger partial charge in [0.15, 0.2) is 0 Å². The number of hydrogen-bond acceptors (Lipinski definition) is 2. The molecule has 2 rings (SSSR count). The zero-order chi connectivity index (χ0) is 13.7. The van der Waals surface area contributed by atoms with Gasteiger partial charge in [0.1, 0.15) is 0 Å². The largest absolute Gasteiger partial charge is 0.387 e. The van der Waals surface area contributed by atoms with Crippen molar-refractivity contribution in [1.29, 1.82) is 0 Å². The van der Waals surface area contributed by atoms with E-state index in [-0.39, 0.29) is 0 Å². The van der Waals surface area contributed by atoms with Crippen molar-refractivity contribution in [1.82, 2.24) is 5.32 Å². The van der Waals surface area contributed by atoms with Crippen molar-refractivity contribution in [2.24, 2.45) is 0 Å². The molecule has 0 fully saturated rings. The smallest absolute Gasteiger partial charge is 0.0915 e. The highest BCUT2D eigenvalue weighted by Crippen LogP contribution is 2.25. The lowest BCUT2D eigenvalue weighted by atomic mass is 10.1. The summed E-state index contributed by atoms with van der Waals surface area (Å²) in [4.78, 5) is 0. The van der Waals surface area contributed by atoms with E-state index >= 15 is 0 Å². The Kier molecular flexibility index (Phi) is 5.23. The summed E-state index contributed by atoms with van der Waals surface area (Å²) >= 11 is 11.8. The third kappa shape index (κ3) is 4.22. The van der Waals surface area contributed by atoms with Gasteiger partial charge in [0.05, 0.1) is 16.1 Å². The molecule has 2 aromatic rings. The normalized spacial score (nSPS) is 12.4. The Balaban J connectivity index is 1.87. The second-order valence-corrected chi connectivity index (χ2v) is 5.12. The first-order chi connectivity index (χ1) is 9.16. The maximum atomic E-state index is 10.0. The van der Waals surface area contributed by atoms with Crippen LogP contribution >= 0.6 is 23.2 Å². The monoisotopic (exact) mass is 295 g/mol. The molecule has 2 nitrogen and oxygen atoms in total. The Hall–Kier alpha value is -1.06. The fraction of sp³-hybridized carbons (Fsp3) is 0.200. The quantitative estimate of drug-likeness (QED) is 0.879. The Morgan fingerprint density at radius 2 is 1.74 bits per heavy atom. The minimum Gasteiger partial charge on any atom is -0.387 e. The Morgan fingerprint density at radius 1 is 1.00 bits per heavy atom. The average Bonchev–Trinajstić information content (AvgIpc) is 2.43. The number of benzene rings is 2. The lowest BCUT2D eigenvalue weighted by Crippen LogP contribution is -2.21. The Morgan fingerprint density at radius 3 is 2.42 bits per heavy atom. The third-order valence-electron chi connectivity index (χ3n) is 2.84. The van der Waals surface area contributed by atoms with E-state index in [9.17, 15) is 5.11 Å². The molecule has 100 valence electrons. The molecule has 4 heteroatoms. The SMILES string of the molecule is OC(CNCc1ccccc1)c1ccc(Cl)c(Cl)c1. The molecule has 2 aromatic carbocycles. The molecule has 0 spiro atoms. The average molecular weight is 296 g/mol. The second-order valence-electron chi connectivity index (χ2n) is 4.31. The maximum Gasteiger partial charge on any atom is 0.0915 e. The van der Waals surface area contributed by atoms with Crippen molar-refractivity contribution in [3.05, 3.63) is 69.7 Å². The topological polar surface area (TPSA) is 32.3 Å². The number of aliphatic hydroxyl groups excluding tert-OH is 1. The van der Waals surface area contributed by atoms with Crippen LogP contribution in [0.15, 0.2) is 48.5 Å². The van der Waals surface area contributed by atoms with Gasteiger partial charge in [-0.25, -0.2) is 0 Å². The molecule has 0 amide bonds. The van der Waals surface area contributed by atoms with Gasteiger partial charge in [0, 0.05) is 13.1 Å². The van der Waals surface area contributed by atoms with Gasteiger partial charge in [-0.1, -0.05) is 59.6 Å². The van der Waals surface area contributed by atoms with E-state index in [0.717, 1.165) is 12.1 Å². The van der Waals surface area contributed by atoms with Crippen LogP contribution in [0, 0.1) is 0 Å². The minimum atomic E-state index is -0.599. The predicted octanol–water partition coefficient (Wildman–Crippen LogP) is 3.82. The standard InChI is InChI=1S/C15H15Cl2NO/c16-13-7-6-12(8-14(13)17)15(19)10-18-9-11-4-2-1-3-5-11/h1-8,15,18-19H,9-10H2. The summed E-state index contributed by atoms with van der Waals surface area (Å²) in [5.41, 5.74) is 1.94. The van der Waals surface area contributed by atoms with Gasteiger partial charge >= 0.3 is 0 Å². The lowest BCUT2D eigenvalue weighted by Gasteiger charge is -2.13. The van der Waals surface area contributed by atoms with Gasteiger partial charge in [0.2, 0.25) is 0 Å². The van der Waals surface area contributed by atoms with Crippen molar-refractivity contribution in [3.8, 4) is 0 Å². The molecule has 0 aliphatic rings. The van der Waals surface area contributed by atoms with Gasteiger partial charge < -0.3 is 10.4 Å². The van der Waals surface area contributed by atoms with Crippen LogP contribution in [-0.4, -0.2) is 11.7 Å². The second kappa shape index (κ2) is 6.92. The molecule has 19 heavy (non-hydrogen) atoms. The van der Waals surface area contributed by atoms with Gasteiger partial charge in [-0.05, 0) is 23.3 Å². The summed E-state index contributed by atoms with van der Waals surface area (Å²) in [5.74, 6) is 0. The number of halogens is 2. The summed E-state index contributed by atoms with van der Waals surface area (Å²) < 4.78 is 0. The molecule has 2 N–H and O–H groups in total. The molecule has 0 bridgehead atoms. The van der Waals surface area contributed by atoms with E-state index < -0.39 is 6.10 Å². The van der Waals surface area contributed by atoms with Gasteiger partial charge in [-0.3, -0.25) is 0 Å². The lowest BCUT2D eigenvalue weighted by molar-refractivity contribution is 0.174. The third-order valence-corrected chi connectivity index (χ3v) is 3.58. The fourth-order valence-corrected chi connectivity index (χ4v) is 2.09. The molecule has 0 saturated carbocycles. The molecule has 0 saturated heterocycles. The number of nitrogens with one attached hydrogen (secondary N) is 1. The summed E-state index contributed by atoms with van der Waals surface area (Å²) in [5, 5.41) is 14.2. The Bertz CT molecular complexity index is 531. The number of hydrogen-bond donors (Lipinski definition) is 2. The highest BCUT2D eigenvalue weighted by Gasteiger charge is 2.09. The van der Waals surface area contributed by atoms with Crippen molar-refractivity contribution >= 4 is 23.2 Å². The van der Waals surface area contributed by atoms with Crippen LogP contribution in [0.3, 0.4) is 0 Å². The van der Waals surface area contributed by atoms with Crippen molar-refractivity contribution in [2.75, 3.05) is 6.54 Å². The van der Waals surface area contributed by atoms with E-state index in [4.69, 9.17) is 23.2 Å². The first-order valence-electron chi connectivity index (χ1n) is 6.04. The van der Waals surface area contributed by atoms with Crippen molar-refractivity contribution in [2.45, 2.75) is 12.6 Å². The zero-order valence-electron chi connectivity index (χ0n) is 10.3. The minimum absolute atomic E-state index is 0.460. The molecule has 0 aliphatic heterocycles. The molecular weight excluding hydrogens is 281 g/mol. The van der Waals surface area contributed by atoms with Crippen LogP contribution < -0.4 is 5.32 Å². The van der Waals surface area contributed by atoms with Gasteiger partial charge in [-0.15, -0.1) is 0 Å². The van der Waals surface area contributed by atoms with E-state index in [2.05, 4.69) is 5.32 Å². The summed E-state index contributed by atoms with van der Waals surface area (Å²) in [6.07, 6.45) is -0.599. The van der Waals surface area contributed by atoms with E-state index in [0.29, 0.717) is 16.6 Å². The summed E-state index contributed by atoms with van der Waals surface area (Å²) in [6, 6.07) is 15.2. The van der Waals surface area contributed by atoms with Crippen LogP contribution in [-0.2, 0) is 6.54 Å². The van der Waals surface area contributed by atoms with Gasteiger partial charge in [-0.2, -0.15) is 0 Å². The van der Waals surface area contributed by atoms with Gasteiger partial charge in [0.25, 0.3) is 0 Å². The maximum absolute atomic E-state index is 10.0.